The first kappa shape index (κ1) is 33.0. The molecule has 0 heterocycles. The van der Waals surface area contributed by atoms with Crippen LogP contribution in [-0.4, -0.2) is 93.7 Å². The fraction of sp³-hybridized carbons (Fsp3) is 0.650. The zero-order chi connectivity index (χ0) is 28.7. The Labute approximate surface area is 212 Å². The van der Waals surface area contributed by atoms with Gasteiger partial charge in [-0.1, -0.05) is 0 Å². The first-order chi connectivity index (χ1) is 17.1. The van der Waals surface area contributed by atoms with Gasteiger partial charge in [-0.2, -0.15) is 0 Å². The SMILES string of the molecule is CC(O)C(NC(=O)C(CCC(N)=O)NC(=O)C(N)CCC(=O)O)C(=O)NC(CCCN=C(N)N)C(=O)O. The molecule has 0 spiro atoms. The lowest BCUT2D eigenvalue weighted by atomic mass is 10.1. The maximum absolute atomic E-state index is 12.8. The lowest BCUT2D eigenvalue weighted by Gasteiger charge is -2.26. The Kier molecular flexibility index (Phi) is 14.8. The number of primary amides is 1. The van der Waals surface area contributed by atoms with E-state index >= 15 is 0 Å². The van der Waals surface area contributed by atoms with Crippen LogP contribution < -0.4 is 38.9 Å². The van der Waals surface area contributed by atoms with Crippen molar-refractivity contribution in [3.05, 3.63) is 0 Å². The minimum absolute atomic E-state index is 0.0656. The van der Waals surface area contributed by atoms with Gasteiger partial charge in [-0.25, -0.2) is 4.79 Å². The molecule has 0 saturated heterocycles. The molecule has 5 atom stereocenters. The molecule has 0 saturated carbocycles. The highest BCUT2D eigenvalue weighted by molar-refractivity contribution is 5.94. The largest absolute Gasteiger partial charge is 0.481 e. The molecule has 0 aliphatic carbocycles. The number of nitrogens with two attached hydrogens (primary N) is 4. The maximum Gasteiger partial charge on any atom is 0.326 e. The highest BCUT2D eigenvalue weighted by Crippen LogP contribution is 2.05. The van der Waals surface area contributed by atoms with Crippen LogP contribution >= 0.6 is 0 Å². The first-order valence-corrected chi connectivity index (χ1v) is 11.3. The van der Waals surface area contributed by atoms with Gasteiger partial charge < -0.3 is 54.2 Å². The number of carboxylic acid groups (broad SMARTS) is 2. The number of carboxylic acids is 2. The minimum atomic E-state index is -1.64. The normalized spacial score (nSPS) is 14.7. The van der Waals surface area contributed by atoms with Crippen LogP contribution in [-0.2, 0) is 28.8 Å². The van der Waals surface area contributed by atoms with Crippen molar-refractivity contribution in [3.8, 4) is 0 Å². The van der Waals surface area contributed by atoms with E-state index in [-0.39, 0.29) is 44.6 Å². The van der Waals surface area contributed by atoms with Gasteiger partial charge in [0, 0.05) is 19.4 Å². The van der Waals surface area contributed by atoms with Gasteiger partial charge in [-0.15, -0.1) is 0 Å². The van der Waals surface area contributed by atoms with E-state index in [1.807, 2.05) is 0 Å². The van der Waals surface area contributed by atoms with E-state index in [0.717, 1.165) is 6.92 Å². The summed E-state index contributed by atoms with van der Waals surface area (Å²) in [6.07, 6.45) is -2.64. The van der Waals surface area contributed by atoms with Gasteiger partial charge in [0.05, 0.1) is 12.1 Å². The van der Waals surface area contributed by atoms with Crippen LogP contribution in [0.15, 0.2) is 4.99 Å². The van der Waals surface area contributed by atoms with E-state index in [1.165, 1.54) is 0 Å². The number of carbonyl (C=O) groups is 6. The van der Waals surface area contributed by atoms with Gasteiger partial charge in [0.15, 0.2) is 5.96 Å². The number of nitrogens with zero attached hydrogens (tertiary/aromatic N) is 1. The molecular formula is C20H36N8O9. The maximum atomic E-state index is 12.8. The number of aliphatic hydroxyl groups is 1. The quantitative estimate of drug-likeness (QED) is 0.0453. The Morgan fingerprint density at radius 1 is 0.811 bits per heavy atom. The number of guanidine groups is 1. The van der Waals surface area contributed by atoms with E-state index < -0.39 is 72.3 Å². The molecular weight excluding hydrogens is 496 g/mol. The number of nitrogens with one attached hydrogen (secondary N) is 3. The molecule has 37 heavy (non-hydrogen) atoms. The number of carbonyl (C=O) groups excluding carboxylic acids is 4. The van der Waals surface area contributed by atoms with E-state index in [0.29, 0.717) is 0 Å². The molecule has 0 aliphatic heterocycles. The van der Waals surface area contributed by atoms with Crippen molar-refractivity contribution in [3.63, 3.8) is 0 Å². The van der Waals surface area contributed by atoms with Crippen molar-refractivity contribution in [2.75, 3.05) is 6.54 Å². The number of amides is 4. The molecule has 14 N–H and O–H groups in total. The summed E-state index contributed by atoms with van der Waals surface area (Å²) >= 11 is 0. The predicted molar refractivity (Wildman–Crippen MR) is 128 cm³/mol. The minimum Gasteiger partial charge on any atom is -0.481 e. The van der Waals surface area contributed by atoms with E-state index in [1.54, 1.807) is 0 Å². The average Bonchev–Trinajstić information content (AvgIpc) is 2.79. The summed E-state index contributed by atoms with van der Waals surface area (Å²) in [6.45, 7) is 1.27. The van der Waals surface area contributed by atoms with Gasteiger partial charge in [0.1, 0.15) is 18.1 Å². The summed E-state index contributed by atoms with van der Waals surface area (Å²) in [5.41, 5.74) is 21.1. The lowest BCUT2D eigenvalue weighted by Crippen LogP contribution is -2.59. The standard InChI is InChI=1S/C20H36N8O9/c1-9(29)15(18(35)27-12(19(36)37)3-2-8-25-20(23)24)28-17(34)11(5-6-13(22)30)26-16(33)10(21)4-7-14(31)32/h9-12,15,29H,2-8,21H2,1H3,(H2,22,30)(H,26,33)(H,27,35)(H,28,34)(H,31,32)(H,36,37)(H4,23,24,25). The fourth-order valence-corrected chi connectivity index (χ4v) is 2.93. The van der Waals surface area contributed by atoms with Crippen LogP contribution in [0.25, 0.3) is 0 Å². The van der Waals surface area contributed by atoms with Crippen molar-refractivity contribution >= 4 is 41.5 Å². The lowest BCUT2D eigenvalue weighted by molar-refractivity contribution is -0.143. The molecule has 5 unspecified atom stereocenters. The summed E-state index contributed by atoms with van der Waals surface area (Å²) in [5, 5.41) is 34.8. The summed E-state index contributed by atoms with van der Waals surface area (Å²) in [6, 6.07) is -5.75. The second-order valence-corrected chi connectivity index (χ2v) is 8.18. The Bertz CT molecular complexity index is 861. The third kappa shape index (κ3) is 14.2. The molecule has 17 nitrogen and oxygen atoms in total. The first-order valence-electron chi connectivity index (χ1n) is 11.3. The van der Waals surface area contributed by atoms with E-state index in [9.17, 15) is 39.0 Å². The summed E-state index contributed by atoms with van der Waals surface area (Å²) in [4.78, 5) is 75.0. The molecule has 0 aliphatic rings. The van der Waals surface area contributed by atoms with Gasteiger partial charge in [0.2, 0.25) is 23.6 Å². The van der Waals surface area contributed by atoms with Gasteiger partial charge in [-0.05, 0) is 32.6 Å². The topological polar surface area (TPSA) is 316 Å². The number of hydrogen-bond donors (Lipinski definition) is 10. The van der Waals surface area contributed by atoms with Crippen LogP contribution in [0.1, 0.15) is 45.4 Å². The second kappa shape index (κ2) is 16.6. The fourth-order valence-electron chi connectivity index (χ4n) is 2.93. The number of rotatable bonds is 18. The smallest absolute Gasteiger partial charge is 0.326 e. The number of aliphatic carboxylic acids is 2. The van der Waals surface area contributed by atoms with Gasteiger partial charge in [-0.3, -0.25) is 29.0 Å². The molecule has 0 fully saturated rings. The zero-order valence-corrected chi connectivity index (χ0v) is 20.4. The number of aliphatic imine (C=N–C) groups is 1. The molecule has 0 radical (unpaired) electrons. The molecule has 0 rings (SSSR count). The molecule has 17 heteroatoms. The average molecular weight is 533 g/mol. The summed E-state index contributed by atoms with van der Waals surface area (Å²) in [5.74, 6) is -6.47. The summed E-state index contributed by atoms with van der Waals surface area (Å²) < 4.78 is 0. The van der Waals surface area contributed by atoms with Crippen LogP contribution in [0.2, 0.25) is 0 Å². The van der Waals surface area contributed by atoms with Crippen molar-refractivity contribution in [1.29, 1.82) is 0 Å². The molecule has 210 valence electrons. The third-order valence-corrected chi connectivity index (χ3v) is 4.94. The van der Waals surface area contributed by atoms with Crippen LogP contribution in [0, 0.1) is 0 Å². The molecule has 0 aromatic rings. The van der Waals surface area contributed by atoms with Crippen molar-refractivity contribution in [1.82, 2.24) is 16.0 Å². The zero-order valence-electron chi connectivity index (χ0n) is 20.4. The van der Waals surface area contributed by atoms with Crippen LogP contribution in [0.3, 0.4) is 0 Å². The van der Waals surface area contributed by atoms with Crippen molar-refractivity contribution in [2.24, 2.45) is 27.9 Å². The third-order valence-electron chi connectivity index (χ3n) is 4.94. The molecule has 0 bridgehead atoms. The highest BCUT2D eigenvalue weighted by Gasteiger charge is 2.32. The Morgan fingerprint density at radius 2 is 1.41 bits per heavy atom. The molecule has 0 aromatic heterocycles. The Morgan fingerprint density at radius 3 is 1.89 bits per heavy atom. The van der Waals surface area contributed by atoms with Gasteiger partial charge in [0.25, 0.3) is 0 Å². The predicted octanol–water partition coefficient (Wildman–Crippen LogP) is -4.58. The number of aliphatic hydroxyl groups excluding tert-OH is 1. The van der Waals surface area contributed by atoms with Crippen LogP contribution in [0.4, 0.5) is 0 Å². The summed E-state index contributed by atoms with van der Waals surface area (Å²) in [7, 11) is 0. The van der Waals surface area contributed by atoms with Crippen molar-refractivity contribution in [2.45, 2.75) is 75.7 Å². The Balaban J connectivity index is 5.43. The van der Waals surface area contributed by atoms with E-state index in [2.05, 4.69) is 20.9 Å². The number of hydrogen-bond acceptors (Lipinski definition) is 9. The highest BCUT2D eigenvalue weighted by atomic mass is 16.4. The molecule has 4 amide bonds. The second-order valence-electron chi connectivity index (χ2n) is 8.18. The monoisotopic (exact) mass is 532 g/mol. The molecule has 0 aromatic carbocycles. The van der Waals surface area contributed by atoms with Crippen LogP contribution in [0.5, 0.6) is 0 Å². The van der Waals surface area contributed by atoms with Crippen molar-refractivity contribution < 1.29 is 44.1 Å². The van der Waals surface area contributed by atoms with Gasteiger partial charge >= 0.3 is 11.9 Å². The van der Waals surface area contributed by atoms with E-state index in [4.69, 9.17) is 28.0 Å². The Hall–Kier alpha value is -3.99.